The van der Waals surface area contributed by atoms with Gasteiger partial charge in [-0.1, -0.05) is 13.8 Å². The number of aliphatic hydroxyl groups is 1. The third-order valence-electron chi connectivity index (χ3n) is 3.94. The van der Waals surface area contributed by atoms with Crippen molar-refractivity contribution in [1.29, 1.82) is 0 Å². The lowest BCUT2D eigenvalue weighted by atomic mass is 9.96. The molecule has 0 aliphatic carbocycles. The summed E-state index contributed by atoms with van der Waals surface area (Å²) >= 11 is 0. The van der Waals surface area contributed by atoms with E-state index in [-0.39, 0.29) is 18.7 Å². The van der Waals surface area contributed by atoms with Crippen LogP contribution in [0.5, 0.6) is 0 Å². The summed E-state index contributed by atoms with van der Waals surface area (Å²) in [4.78, 5) is 13.8. The summed E-state index contributed by atoms with van der Waals surface area (Å²) in [5.41, 5.74) is -0.430. The van der Waals surface area contributed by atoms with Crippen molar-refractivity contribution in [3.63, 3.8) is 0 Å². The summed E-state index contributed by atoms with van der Waals surface area (Å²) in [6.45, 7) is 12.6. The summed E-state index contributed by atoms with van der Waals surface area (Å²) in [5, 5.41) is 12.9. The third kappa shape index (κ3) is 7.45. The molecule has 0 aromatic heterocycles. The number of aliphatic hydroxyl groups excluding tert-OH is 1. The molecule has 22 heavy (non-hydrogen) atoms. The molecule has 1 fully saturated rings. The monoisotopic (exact) mass is 314 g/mol. The number of amides is 1. The standard InChI is InChI=1S/C17H34N2O3/c1-13(2)10-15(12-20)18-11-14-6-8-19(9-7-14)16(21)22-17(3,4)5/h13-15,18,20H,6-12H2,1-5H3. The van der Waals surface area contributed by atoms with Gasteiger partial charge in [0.2, 0.25) is 0 Å². The Kier molecular flexibility index (Phi) is 7.63. The number of carbonyl (C=O) groups is 1. The molecule has 1 amide bonds. The fourth-order valence-electron chi connectivity index (χ4n) is 2.77. The highest BCUT2D eigenvalue weighted by atomic mass is 16.6. The lowest BCUT2D eigenvalue weighted by Gasteiger charge is -2.34. The molecule has 0 aromatic rings. The molecule has 0 saturated carbocycles. The van der Waals surface area contributed by atoms with Gasteiger partial charge in [-0.2, -0.15) is 0 Å². The smallest absolute Gasteiger partial charge is 0.410 e. The maximum Gasteiger partial charge on any atom is 0.410 e. The first-order chi connectivity index (χ1) is 10.2. The van der Waals surface area contributed by atoms with Crippen LogP contribution in [0.25, 0.3) is 0 Å². The predicted octanol–water partition coefficient (Wildman–Crippen LogP) is 2.63. The second-order valence-electron chi connectivity index (χ2n) is 7.83. The predicted molar refractivity (Wildman–Crippen MR) is 88.9 cm³/mol. The molecule has 0 aromatic carbocycles. The summed E-state index contributed by atoms with van der Waals surface area (Å²) in [7, 11) is 0. The van der Waals surface area contributed by atoms with Crippen molar-refractivity contribution in [2.45, 2.75) is 65.5 Å². The molecule has 2 N–H and O–H groups in total. The van der Waals surface area contributed by atoms with Crippen LogP contribution in [-0.2, 0) is 4.74 Å². The molecule has 130 valence electrons. The van der Waals surface area contributed by atoms with Crippen molar-refractivity contribution < 1.29 is 14.6 Å². The number of carbonyl (C=O) groups excluding carboxylic acids is 1. The zero-order valence-corrected chi connectivity index (χ0v) is 14.9. The highest BCUT2D eigenvalue weighted by molar-refractivity contribution is 5.68. The normalized spacial score (nSPS) is 18.6. The van der Waals surface area contributed by atoms with E-state index >= 15 is 0 Å². The Balaban J connectivity index is 2.29. The zero-order chi connectivity index (χ0) is 16.8. The highest BCUT2D eigenvalue weighted by Crippen LogP contribution is 2.19. The molecule has 1 saturated heterocycles. The van der Waals surface area contributed by atoms with Crippen LogP contribution in [-0.4, -0.2) is 54.0 Å². The molecule has 0 bridgehead atoms. The number of rotatable bonds is 6. The number of ether oxygens (including phenoxy) is 1. The van der Waals surface area contributed by atoms with E-state index in [1.807, 2.05) is 20.8 Å². The van der Waals surface area contributed by atoms with E-state index in [0.29, 0.717) is 11.8 Å². The number of nitrogens with one attached hydrogen (secondary N) is 1. The van der Waals surface area contributed by atoms with E-state index < -0.39 is 5.60 Å². The van der Waals surface area contributed by atoms with Gasteiger partial charge in [0.25, 0.3) is 0 Å². The van der Waals surface area contributed by atoms with Gasteiger partial charge in [0, 0.05) is 19.1 Å². The average molecular weight is 314 g/mol. The van der Waals surface area contributed by atoms with E-state index in [4.69, 9.17) is 4.74 Å². The Bertz CT molecular complexity index is 331. The topological polar surface area (TPSA) is 61.8 Å². The SMILES string of the molecule is CC(C)CC(CO)NCC1CCN(C(=O)OC(C)(C)C)CC1. The quantitative estimate of drug-likeness (QED) is 0.791. The summed E-state index contributed by atoms with van der Waals surface area (Å²) in [6.07, 6.45) is 2.78. The number of hydrogen-bond donors (Lipinski definition) is 2. The number of piperidine rings is 1. The van der Waals surface area contributed by atoms with Crippen LogP contribution >= 0.6 is 0 Å². The molecule has 1 unspecified atom stereocenters. The molecule has 0 spiro atoms. The minimum atomic E-state index is -0.430. The highest BCUT2D eigenvalue weighted by Gasteiger charge is 2.27. The van der Waals surface area contributed by atoms with Crippen LogP contribution < -0.4 is 5.32 Å². The number of hydrogen-bond acceptors (Lipinski definition) is 4. The molecular weight excluding hydrogens is 280 g/mol. The third-order valence-corrected chi connectivity index (χ3v) is 3.94. The van der Waals surface area contributed by atoms with Crippen molar-refractivity contribution in [2.75, 3.05) is 26.2 Å². The van der Waals surface area contributed by atoms with Crippen molar-refractivity contribution >= 4 is 6.09 Å². The van der Waals surface area contributed by atoms with Gasteiger partial charge in [-0.05, 0) is 58.4 Å². The Morgan fingerprint density at radius 1 is 1.32 bits per heavy atom. The van der Waals surface area contributed by atoms with Gasteiger partial charge in [0.1, 0.15) is 5.60 Å². The van der Waals surface area contributed by atoms with E-state index in [1.54, 1.807) is 4.90 Å². The van der Waals surface area contributed by atoms with E-state index in [0.717, 1.165) is 38.9 Å². The van der Waals surface area contributed by atoms with Crippen LogP contribution in [0.2, 0.25) is 0 Å². The lowest BCUT2D eigenvalue weighted by molar-refractivity contribution is 0.0182. The van der Waals surface area contributed by atoms with Crippen LogP contribution in [0.1, 0.15) is 53.9 Å². The van der Waals surface area contributed by atoms with E-state index in [9.17, 15) is 9.90 Å². The molecule has 1 aliphatic rings. The Labute approximate surface area is 135 Å². The average Bonchev–Trinajstić information content (AvgIpc) is 2.41. The second kappa shape index (κ2) is 8.73. The van der Waals surface area contributed by atoms with Gasteiger partial charge in [0.05, 0.1) is 6.61 Å². The molecule has 1 atom stereocenters. The van der Waals surface area contributed by atoms with Gasteiger partial charge >= 0.3 is 6.09 Å². The van der Waals surface area contributed by atoms with Crippen molar-refractivity contribution in [3.05, 3.63) is 0 Å². The van der Waals surface area contributed by atoms with Crippen molar-refractivity contribution in [1.82, 2.24) is 10.2 Å². The fraction of sp³-hybridized carbons (Fsp3) is 0.941. The molecule has 1 rings (SSSR count). The van der Waals surface area contributed by atoms with Gasteiger partial charge < -0.3 is 20.1 Å². The van der Waals surface area contributed by atoms with Crippen LogP contribution in [0.3, 0.4) is 0 Å². The van der Waals surface area contributed by atoms with Gasteiger partial charge in [-0.3, -0.25) is 0 Å². The largest absolute Gasteiger partial charge is 0.444 e. The van der Waals surface area contributed by atoms with Gasteiger partial charge in [-0.15, -0.1) is 0 Å². The van der Waals surface area contributed by atoms with Gasteiger partial charge in [0.15, 0.2) is 0 Å². The molecule has 1 heterocycles. The maximum absolute atomic E-state index is 12.0. The van der Waals surface area contributed by atoms with Crippen LogP contribution in [0.15, 0.2) is 0 Å². The van der Waals surface area contributed by atoms with E-state index in [1.165, 1.54) is 0 Å². The molecule has 0 radical (unpaired) electrons. The van der Waals surface area contributed by atoms with Crippen LogP contribution in [0.4, 0.5) is 4.79 Å². The summed E-state index contributed by atoms with van der Waals surface area (Å²) in [6, 6.07) is 0.184. The molecule has 5 heteroatoms. The summed E-state index contributed by atoms with van der Waals surface area (Å²) in [5.74, 6) is 1.15. The summed E-state index contributed by atoms with van der Waals surface area (Å²) < 4.78 is 5.41. The van der Waals surface area contributed by atoms with Crippen molar-refractivity contribution in [2.24, 2.45) is 11.8 Å². The van der Waals surface area contributed by atoms with Crippen molar-refractivity contribution in [3.8, 4) is 0 Å². The first-order valence-electron chi connectivity index (χ1n) is 8.53. The number of likely N-dealkylation sites (tertiary alicyclic amines) is 1. The first-order valence-corrected chi connectivity index (χ1v) is 8.53. The molecular formula is C17H34N2O3. The Morgan fingerprint density at radius 2 is 1.91 bits per heavy atom. The molecule has 5 nitrogen and oxygen atoms in total. The Hall–Kier alpha value is -0.810. The zero-order valence-electron chi connectivity index (χ0n) is 14.9. The Morgan fingerprint density at radius 3 is 2.36 bits per heavy atom. The molecule has 1 aliphatic heterocycles. The van der Waals surface area contributed by atoms with Gasteiger partial charge in [-0.25, -0.2) is 4.79 Å². The number of nitrogens with zero attached hydrogens (tertiary/aromatic N) is 1. The lowest BCUT2D eigenvalue weighted by Crippen LogP contribution is -2.44. The fourth-order valence-corrected chi connectivity index (χ4v) is 2.77. The maximum atomic E-state index is 12.0. The second-order valence-corrected chi connectivity index (χ2v) is 7.83. The van der Waals surface area contributed by atoms with Crippen LogP contribution in [0, 0.1) is 11.8 Å². The van der Waals surface area contributed by atoms with E-state index in [2.05, 4.69) is 19.2 Å². The first kappa shape index (κ1) is 19.2. The minimum absolute atomic E-state index is 0.184. The minimum Gasteiger partial charge on any atom is -0.444 e.